The monoisotopic (exact) mass is 269 g/mol. The normalized spacial score (nSPS) is 13.8. The highest BCUT2D eigenvalue weighted by molar-refractivity contribution is 5.75. The van der Waals surface area contributed by atoms with Crippen molar-refractivity contribution in [2.24, 2.45) is 5.73 Å². The molecule has 1 aromatic carbocycles. The van der Waals surface area contributed by atoms with Crippen molar-refractivity contribution < 1.29 is 19.9 Å². The van der Waals surface area contributed by atoms with Gasteiger partial charge in [0.15, 0.2) is 0 Å². The smallest absolute Gasteiger partial charge is 0.269 e. The van der Waals surface area contributed by atoms with Crippen LogP contribution in [-0.2, 0) is 4.79 Å². The first kappa shape index (κ1) is 15.0. The molecule has 0 spiro atoms. The van der Waals surface area contributed by atoms with Crippen molar-refractivity contribution in [1.82, 2.24) is 5.32 Å². The average molecular weight is 269 g/mol. The van der Waals surface area contributed by atoms with Crippen molar-refractivity contribution in [2.45, 2.75) is 12.2 Å². The molecule has 1 rings (SSSR count). The zero-order chi connectivity index (χ0) is 14.4. The van der Waals surface area contributed by atoms with Crippen LogP contribution in [0.3, 0.4) is 0 Å². The number of nitro groups is 1. The van der Waals surface area contributed by atoms with Crippen LogP contribution < -0.4 is 11.1 Å². The number of non-ortho nitro benzene ring substituents is 1. The minimum absolute atomic E-state index is 0.0267. The molecule has 0 saturated carbocycles. The molecule has 0 fully saturated rings. The van der Waals surface area contributed by atoms with Crippen molar-refractivity contribution in [3.8, 4) is 0 Å². The molecule has 8 nitrogen and oxygen atoms in total. The van der Waals surface area contributed by atoms with Crippen LogP contribution in [0.15, 0.2) is 24.3 Å². The highest BCUT2D eigenvalue weighted by Gasteiger charge is 2.19. The summed E-state index contributed by atoms with van der Waals surface area (Å²) >= 11 is 0. The number of nitrogens with zero attached hydrogens (tertiary/aromatic N) is 1. The van der Waals surface area contributed by atoms with Gasteiger partial charge < -0.3 is 21.3 Å². The molecule has 0 saturated heterocycles. The number of aliphatic hydroxyl groups is 2. The van der Waals surface area contributed by atoms with Crippen LogP contribution in [-0.4, -0.2) is 40.2 Å². The fraction of sp³-hybridized carbons (Fsp3) is 0.364. The van der Waals surface area contributed by atoms with Gasteiger partial charge in [0.1, 0.15) is 6.10 Å². The third kappa shape index (κ3) is 4.62. The third-order valence-electron chi connectivity index (χ3n) is 2.46. The molecule has 5 N–H and O–H groups in total. The summed E-state index contributed by atoms with van der Waals surface area (Å²) in [6.45, 7) is -0.134. The second-order valence-electron chi connectivity index (χ2n) is 3.96. The minimum Gasteiger partial charge on any atom is -0.389 e. The number of amides is 1. The molecule has 1 aromatic rings. The van der Waals surface area contributed by atoms with Crippen LogP contribution >= 0.6 is 0 Å². The zero-order valence-electron chi connectivity index (χ0n) is 10.0. The molecule has 2 unspecified atom stereocenters. The van der Waals surface area contributed by atoms with Gasteiger partial charge in [-0.2, -0.15) is 0 Å². The lowest BCUT2D eigenvalue weighted by Gasteiger charge is -2.18. The van der Waals surface area contributed by atoms with Crippen molar-refractivity contribution in [3.05, 3.63) is 39.9 Å². The van der Waals surface area contributed by atoms with Crippen molar-refractivity contribution in [1.29, 1.82) is 0 Å². The summed E-state index contributed by atoms with van der Waals surface area (Å²) in [6, 6.07) is 5.20. The van der Waals surface area contributed by atoms with E-state index in [2.05, 4.69) is 5.32 Å². The predicted octanol–water partition coefficient (Wildman–Crippen LogP) is -0.936. The Morgan fingerprint density at radius 2 is 1.95 bits per heavy atom. The Bertz CT molecular complexity index is 448. The Morgan fingerprint density at radius 1 is 1.37 bits per heavy atom. The van der Waals surface area contributed by atoms with Crippen molar-refractivity contribution in [2.75, 3.05) is 13.1 Å². The van der Waals surface area contributed by atoms with Gasteiger partial charge in [0.05, 0.1) is 17.6 Å². The molecule has 0 aromatic heterocycles. The van der Waals surface area contributed by atoms with Gasteiger partial charge in [-0.3, -0.25) is 14.9 Å². The van der Waals surface area contributed by atoms with Gasteiger partial charge in [0.2, 0.25) is 5.91 Å². The van der Waals surface area contributed by atoms with Gasteiger partial charge in [-0.1, -0.05) is 0 Å². The first-order chi connectivity index (χ1) is 8.91. The molecule has 8 heteroatoms. The van der Waals surface area contributed by atoms with Crippen LogP contribution in [0.5, 0.6) is 0 Å². The molecule has 0 bridgehead atoms. The Morgan fingerprint density at radius 3 is 2.42 bits per heavy atom. The third-order valence-corrected chi connectivity index (χ3v) is 2.46. The van der Waals surface area contributed by atoms with Gasteiger partial charge in [-0.05, 0) is 17.7 Å². The number of hydrogen-bond donors (Lipinski definition) is 4. The first-order valence-electron chi connectivity index (χ1n) is 5.51. The number of benzene rings is 1. The Hall–Kier alpha value is -2.03. The number of rotatable bonds is 7. The Kier molecular flexibility index (Phi) is 5.37. The summed E-state index contributed by atoms with van der Waals surface area (Å²) < 4.78 is 0. The molecule has 1 amide bonds. The first-order valence-corrected chi connectivity index (χ1v) is 5.51. The molecule has 0 aliphatic rings. The maximum absolute atomic E-state index is 10.5. The molecule has 0 aliphatic heterocycles. The van der Waals surface area contributed by atoms with Crippen LogP contribution in [0, 0.1) is 10.1 Å². The molecule has 0 heterocycles. The lowest BCUT2D eigenvalue weighted by molar-refractivity contribution is -0.384. The lowest BCUT2D eigenvalue weighted by atomic mass is 10.0. The van der Waals surface area contributed by atoms with Crippen molar-refractivity contribution >= 4 is 11.6 Å². The molecule has 2 atom stereocenters. The fourth-order valence-corrected chi connectivity index (χ4v) is 1.47. The maximum atomic E-state index is 10.5. The summed E-state index contributed by atoms with van der Waals surface area (Å²) in [4.78, 5) is 20.4. The van der Waals surface area contributed by atoms with E-state index >= 15 is 0 Å². The topological polar surface area (TPSA) is 139 Å². The number of nitrogens with one attached hydrogen (secondary N) is 1. The van der Waals surface area contributed by atoms with E-state index in [1.54, 1.807) is 0 Å². The molecule has 0 radical (unpaired) electrons. The van der Waals surface area contributed by atoms with Crippen LogP contribution in [0.4, 0.5) is 5.69 Å². The van der Waals surface area contributed by atoms with E-state index in [9.17, 15) is 25.1 Å². The summed E-state index contributed by atoms with van der Waals surface area (Å²) in [5.41, 5.74) is 5.15. The molecular weight excluding hydrogens is 254 g/mol. The number of carbonyl (C=O) groups is 1. The molecular formula is C11H15N3O5. The summed E-state index contributed by atoms with van der Waals surface area (Å²) in [7, 11) is 0. The lowest BCUT2D eigenvalue weighted by Crippen LogP contribution is -2.36. The highest BCUT2D eigenvalue weighted by atomic mass is 16.6. The van der Waals surface area contributed by atoms with Gasteiger partial charge in [0.25, 0.3) is 5.69 Å². The van der Waals surface area contributed by atoms with Gasteiger partial charge in [-0.25, -0.2) is 0 Å². The highest BCUT2D eigenvalue weighted by Crippen LogP contribution is 2.20. The average Bonchev–Trinajstić information content (AvgIpc) is 2.37. The van der Waals surface area contributed by atoms with E-state index < -0.39 is 23.0 Å². The fourth-order valence-electron chi connectivity index (χ4n) is 1.47. The largest absolute Gasteiger partial charge is 0.389 e. The predicted molar refractivity (Wildman–Crippen MR) is 66.1 cm³/mol. The van der Waals surface area contributed by atoms with Crippen LogP contribution in [0.1, 0.15) is 11.7 Å². The molecule has 19 heavy (non-hydrogen) atoms. The zero-order valence-corrected chi connectivity index (χ0v) is 10.0. The second kappa shape index (κ2) is 6.78. The standard InChI is InChI=1S/C11H15N3O5/c12-10(16)6-13-5-9(15)11(17)7-1-3-8(4-2-7)14(18)19/h1-4,9,11,13,15,17H,5-6H2,(H2,12,16). The molecule has 104 valence electrons. The van der Waals surface area contributed by atoms with Crippen LogP contribution in [0.25, 0.3) is 0 Å². The number of nitrogens with two attached hydrogens (primary N) is 1. The Balaban J connectivity index is 2.58. The number of nitro benzene ring substituents is 1. The summed E-state index contributed by atoms with van der Waals surface area (Å²) in [5, 5.41) is 32.5. The van der Waals surface area contributed by atoms with Gasteiger partial charge in [-0.15, -0.1) is 0 Å². The van der Waals surface area contributed by atoms with E-state index in [0.29, 0.717) is 5.56 Å². The van der Waals surface area contributed by atoms with E-state index in [-0.39, 0.29) is 18.8 Å². The number of carbonyl (C=O) groups excluding carboxylic acids is 1. The quantitative estimate of drug-likeness (QED) is 0.372. The maximum Gasteiger partial charge on any atom is 0.269 e. The van der Waals surface area contributed by atoms with E-state index in [0.717, 1.165) is 0 Å². The van der Waals surface area contributed by atoms with Crippen LogP contribution in [0.2, 0.25) is 0 Å². The SMILES string of the molecule is NC(=O)CNCC(O)C(O)c1ccc([N+](=O)[O-])cc1. The molecule has 0 aliphatic carbocycles. The number of hydrogen-bond acceptors (Lipinski definition) is 6. The van der Waals surface area contributed by atoms with E-state index in [1.165, 1.54) is 24.3 Å². The summed E-state index contributed by atoms with van der Waals surface area (Å²) in [6.07, 6.45) is -2.36. The Labute approximate surface area is 109 Å². The second-order valence-corrected chi connectivity index (χ2v) is 3.96. The minimum atomic E-state index is -1.21. The van der Waals surface area contributed by atoms with E-state index in [1.807, 2.05) is 0 Å². The van der Waals surface area contributed by atoms with Crippen molar-refractivity contribution in [3.63, 3.8) is 0 Å². The van der Waals surface area contributed by atoms with Gasteiger partial charge >= 0.3 is 0 Å². The van der Waals surface area contributed by atoms with Gasteiger partial charge in [0, 0.05) is 18.7 Å². The van der Waals surface area contributed by atoms with E-state index in [4.69, 9.17) is 5.73 Å². The number of aliphatic hydroxyl groups excluding tert-OH is 2. The summed E-state index contributed by atoms with van der Waals surface area (Å²) in [5.74, 6) is -0.572. The number of primary amides is 1.